The molecular formula is C29H32N2O4S. The van der Waals surface area contributed by atoms with Gasteiger partial charge in [0.05, 0.1) is 30.4 Å². The predicted octanol–water partition coefficient (Wildman–Crippen LogP) is 5.53. The van der Waals surface area contributed by atoms with Crippen LogP contribution in [-0.4, -0.2) is 36.2 Å². The van der Waals surface area contributed by atoms with E-state index in [4.69, 9.17) is 14.5 Å². The van der Waals surface area contributed by atoms with Crippen molar-refractivity contribution in [2.24, 2.45) is 0 Å². The Hall–Kier alpha value is -3.45. The van der Waals surface area contributed by atoms with Gasteiger partial charge in [0.1, 0.15) is 10.4 Å². The summed E-state index contributed by atoms with van der Waals surface area (Å²) in [6.45, 7) is 9.84. The fraction of sp³-hybridized carbons (Fsp3) is 0.345. The Kier molecular flexibility index (Phi) is 7.59. The molecule has 1 N–H and O–H groups in total. The number of aryl methyl sites for hydroxylation is 1. The molecule has 2 heterocycles. The lowest BCUT2D eigenvalue weighted by molar-refractivity contribution is -0.153. The van der Waals surface area contributed by atoms with Crippen LogP contribution in [0.25, 0.3) is 11.3 Å². The topological polar surface area (TPSA) is 77.5 Å². The van der Waals surface area contributed by atoms with Crippen molar-refractivity contribution in [2.45, 2.75) is 52.0 Å². The third-order valence-corrected chi connectivity index (χ3v) is 7.77. The largest absolute Gasteiger partial charge is 0.465 e. The number of aromatic nitrogens is 1. The van der Waals surface area contributed by atoms with E-state index in [1.54, 1.807) is 13.8 Å². The molecule has 0 saturated carbocycles. The summed E-state index contributed by atoms with van der Waals surface area (Å²) in [5, 5.41) is 4.08. The molecule has 0 aliphatic carbocycles. The fourth-order valence-electron chi connectivity index (χ4n) is 5.21. The van der Waals surface area contributed by atoms with Crippen LogP contribution in [0, 0.1) is 6.92 Å². The van der Waals surface area contributed by atoms with Gasteiger partial charge in [-0.2, -0.15) is 0 Å². The maximum absolute atomic E-state index is 14.0. The first kappa shape index (κ1) is 25.6. The molecule has 3 aromatic rings. The van der Waals surface area contributed by atoms with Crippen molar-refractivity contribution in [2.75, 3.05) is 13.2 Å². The van der Waals surface area contributed by atoms with E-state index in [2.05, 4.69) is 5.32 Å². The first-order chi connectivity index (χ1) is 17.4. The summed E-state index contributed by atoms with van der Waals surface area (Å²) in [5.41, 5.74) is 2.43. The molecule has 188 valence electrons. The van der Waals surface area contributed by atoms with Crippen LogP contribution < -0.4 is 5.32 Å². The Balaban J connectivity index is 2.05. The molecule has 1 aliphatic rings. The van der Waals surface area contributed by atoms with Crippen LogP contribution in [0.1, 0.15) is 49.1 Å². The Morgan fingerprint density at radius 3 is 2.19 bits per heavy atom. The van der Waals surface area contributed by atoms with Gasteiger partial charge in [-0.15, -0.1) is 11.3 Å². The molecule has 3 atom stereocenters. The molecule has 0 fully saturated rings. The van der Waals surface area contributed by atoms with E-state index < -0.39 is 23.3 Å². The molecule has 0 amide bonds. The first-order valence-electron chi connectivity index (χ1n) is 12.3. The van der Waals surface area contributed by atoms with Gasteiger partial charge in [-0.05, 0) is 40.2 Å². The summed E-state index contributed by atoms with van der Waals surface area (Å²) in [6.07, 6.45) is 0. The molecule has 36 heavy (non-hydrogen) atoms. The number of hydrogen-bond acceptors (Lipinski definition) is 7. The van der Waals surface area contributed by atoms with Crippen molar-refractivity contribution in [3.05, 3.63) is 87.4 Å². The van der Waals surface area contributed by atoms with Gasteiger partial charge in [-0.25, -0.2) is 9.78 Å². The number of carbonyl (C=O) groups is 2. The van der Waals surface area contributed by atoms with Crippen molar-refractivity contribution in [1.82, 2.24) is 10.3 Å². The van der Waals surface area contributed by atoms with Gasteiger partial charge < -0.3 is 14.8 Å². The number of nitrogens with one attached hydrogen (secondary N) is 1. The second-order valence-electron chi connectivity index (χ2n) is 8.84. The van der Waals surface area contributed by atoms with Crippen molar-refractivity contribution in [3.8, 4) is 11.3 Å². The second-order valence-corrected chi connectivity index (χ2v) is 10.1. The number of esters is 2. The van der Waals surface area contributed by atoms with Crippen LogP contribution in [-0.2, 0) is 24.5 Å². The number of nitrogens with zero attached hydrogens (tertiary/aromatic N) is 1. The molecule has 0 saturated heterocycles. The molecule has 0 bridgehead atoms. The molecule has 0 radical (unpaired) electrons. The first-order valence-corrected chi connectivity index (χ1v) is 13.1. The number of carbonyl (C=O) groups excluding carboxylic acids is 2. The summed E-state index contributed by atoms with van der Waals surface area (Å²) in [7, 11) is 0. The summed E-state index contributed by atoms with van der Waals surface area (Å²) >= 11 is 1.50. The monoisotopic (exact) mass is 504 g/mol. The molecular weight excluding hydrogens is 472 g/mol. The Morgan fingerprint density at radius 1 is 0.972 bits per heavy atom. The maximum atomic E-state index is 14.0. The average molecular weight is 505 g/mol. The van der Waals surface area contributed by atoms with Crippen LogP contribution in [0.15, 0.2) is 71.9 Å². The minimum atomic E-state index is -1.24. The van der Waals surface area contributed by atoms with Gasteiger partial charge >= 0.3 is 11.9 Å². The van der Waals surface area contributed by atoms with Gasteiger partial charge in [0.25, 0.3) is 0 Å². The quantitative estimate of drug-likeness (QED) is 0.426. The maximum Gasteiger partial charge on any atom is 0.336 e. The number of rotatable bonds is 7. The SMILES string of the molecule is CCOC(=O)C1=C(C)NC(C)C(C(=O)OCC)(c2ccccc2)C1c1nc(-c2ccccc2)c(C)s1. The van der Waals surface area contributed by atoms with E-state index in [0.29, 0.717) is 16.3 Å². The Morgan fingerprint density at radius 2 is 1.58 bits per heavy atom. The normalized spacial score (nSPS) is 21.6. The third kappa shape index (κ3) is 4.32. The Labute approximate surface area is 216 Å². The van der Waals surface area contributed by atoms with Gasteiger partial charge in [-0.3, -0.25) is 4.79 Å². The lowest BCUT2D eigenvalue weighted by Crippen LogP contribution is -2.60. The molecule has 0 spiro atoms. The molecule has 2 aromatic carbocycles. The minimum absolute atomic E-state index is 0.219. The highest BCUT2D eigenvalue weighted by atomic mass is 32.1. The van der Waals surface area contributed by atoms with E-state index in [9.17, 15) is 9.59 Å². The van der Waals surface area contributed by atoms with Crippen LogP contribution >= 0.6 is 11.3 Å². The highest BCUT2D eigenvalue weighted by Gasteiger charge is 2.59. The van der Waals surface area contributed by atoms with E-state index in [1.165, 1.54) is 11.3 Å². The molecule has 4 rings (SSSR count). The summed E-state index contributed by atoms with van der Waals surface area (Å²) < 4.78 is 11.2. The Bertz CT molecular complexity index is 1270. The highest BCUT2D eigenvalue weighted by Crippen LogP contribution is 2.52. The van der Waals surface area contributed by atoms with Crippen LogP contribution in [0.2, 0.25) is 0 Å². The second kappa shape index (κ2) is 10.7. The average Bonchev–Trinajstić information content (AvgIpc) is 3.26. The van der Waals surface area contributed by atoms with Crippen molar-refractivity contribution >= 4 is 23.3 Å². The summed E-state index contributed by atoms with van der Waals surface area (Å²) in [6, 6.07) is 19.1. The summed E-state index contributed by atoms with van der Waals surface area (Å²) in [5.74, 6) is -1.56. The van der Waals surface area contributed by atoms with Crippen LogP contribution in [0.3, 0.4) is 0 Å². The molecule has 1 aliphatic heterocycles. The van der Waals surface area contributed by atoms with Gasteiger partial charge in [0.2, 0.25) is 0 Å². The molecule has 1 aromatic heterocycles. The zero-order valence-corrected chi connectivity index (χ0v) is 22.1. The standard InChI is InChI=1S/C29H32N2O4S/c1-6-34-27(32)23-18(3)30-20(5)29(28(33)35-7-2,22-16-12-9-13-17-22)24(23)26-31-25(19(4)36-26)21-14-10-8-11-15-21/h8-17,20,24,30H,6-7H2,1-5H3. The van der Waals surface area contributed by atoms with E-state index in [1.807, 2.05) is 81.4 Å². The van der Waals surface area contributed by atoms with Crippen molar-refractivity contribution in [3.63, 3.8) is 0 Å². The van der Waals surface area contributed by atoms with Gasteiger partial charge in [0.15, 0.2) is 0 Å². The lowest BCUT2D eigenvalue weighted by atomic mass is 9.61. The summed E-state index contributed by atoms with van der Waals surface area (Å²) in [4.78, 5) is 33.6. The zero-order chi connectivity index (χ0) is 25.9. The number of thiazole rings is 1. The molecule has 6 nitrogen and oxygen atoms in total. The minimum Gasteiger partial charge on any atom is -0.465 e. The van der Waals surface area contributed by atoms with E-state index in [0.717, 1.165) is 21.7 Å². The number of benzene rings is 2. The smallest absolute Gasteiger partial charge is 0.336 e. The van der Waals surface area contributed by atoms with Crippen LogP contribution in [0.5, 0.6) is 0 Å². The van der Waals surface area contributed by atoms with Crippen molar-refractivity contribution in [1.29, 1.82) is 0 Å². The fourth-order valence-corrected chi connectivity index (χ4v) is 6.34. The number of ether oxygens (including phenoxy) is 2. The van der Waals surface area contributed by atoms with E-state index in [-0.39, 0.29) is 19.3 Å². The molecule has 7 heteroatoms. The zero-order valence-electron chi connectivity index (χ0n) is 21.3. The predicted molar refractivity (Wildman–Crippen MR) is 142 cm³/mol. The van der Waals surface area contributed by atoms with Crippen molar-refractivity contribution < 1.29 is 19.1 Å². The van der Waals surface area contributed by atoms with Gasteiger partial charge in [-0.1, -0.05) is 60.7 Å². The number of allylic oxidation sites excluding steroid dienone is 1. The van der Waals surface area contributed by atoms with Gasteiger partial charge in [0, 0.05) is 22.2 Å². The lowest BCUT2D eigenvalue weighted by Gasteiger charge is -2.47. The van der Waals surface area contributed by atoms with Crippen LogP contribution in [0.4, 0.5) is 0 Å². The third-order valence-electron chi connectivity index (χ3n) is 6.73. The molecule has 3 unspecified atom stereocenters. The highest BCUT2D eigenvalue weighted by molar-refractivity contribution is 7.12. The number of hydrogen-bond donors (Lipinski definition) is 1. The van der Waals surface area contributed by atoms with E-state index >= 15 is 0 Å².